The first-order chi connectivity index (χ1) is 16.6. The normalized spacial score (nSPS) is 31.6. The Kier molecular flexibility index (Phi) is 5.84. The van der Waals surface area contributed by atoms with Gasteiger partial charge in [-0.2, -0.15) is 10.2 Å². The minimum atomic E-state index is 0.315. The van der Waals surface area contributed by atoms with E-state index in [0.717, 1.165) is 43.0 Å². The van der Waals surface area contributed by atoms with Crippen molar-refractivity contribution in [1.29, 1.82) is 5.26 Å². The highest BCUT2D eigenvalue weighted by atomic mass is 35.5. The van der Waals surface area contributed by atoms with Crippen LogP contribution in [-0.2, 0) is 6.54 Å². The molecule has 7 rings (SSSR count). The van der Waals surface area contributed by atoms with Crippen molar-refractivity contribution in [3.05, 3.63) is 46.6 Å². The lowest BCUT2D eigenvalue weighted by Crippen LogP contribution is -2.65. The molecule has 0 amide bonds. The van der Waals surface area contributed by atoms with Gasteiger partial charge in [0.25, 0.3) is 0 Å². The zero-order valence-corrected chi connectivity index (χ0v) is 20.1. The van der Waals surface area contributed by atoms with E-state index < -0.39 is 0 Å². The molecule has 178 valence electrons. The van der Waals surface area contributed by atoms with Crippen LogP contribution in [0, 0.1) is 34.5 Å². The predicted octanol–water partition coefficient (Wildman–Crippen LogP) is 3.78. The Morgan fingerprint density at radius 3 is 2.62 bits per heavy atom. The Balaban J connectivity index is 1.13. The van der Waals surface area contributed by atoms with Gasteiger partial charge in [-0.25, -0.2) is 4.98 Å². The number of benzene rings is 1. The zero-order chi connectivity index (χ0) is 23.1. The van der Waals surface area contributed by atoms with Crippen LogP contribution in [0.1, 0.15) is 43.2 Å². The van der Waals surface area contributed by atoms with Crippen molar-refractivity contribution in [3.63, 3.8) is 0 Å². The molecule has 4 saturated carbocycles. The van der Waals surface area contributed by atoms with Gasteiger partial charge in [-0.3, -0.25) is 0 Å². The molecule has 2 heterocycles. The molecule has 34 heavy (non-hydrogen) atoms. The summed E-state index contributed by atoms with van der Waals surface area (Å²) in [5.41, 5.74) is 1.79. The number of hydrogen-bond donors (Lipinski definition) is 4. The number of nitrogens with one attached hydrogen (secondary N) is 4. The molecule has 1 unspecified atom stereocenters. The predicted molar refractivity (Wildman–Crippen MR) is 134 cm³/mol. The molecule has 1 aromatic heterocycles. The van der Waals surface area contributed by atoms with Crippen molar-refractivity contribution in [1.82, 2.24) is 20.6 Å². The van der Waals surface area contributed by atoms with Crippen LogP contribution < -0.4 is 21.3 Å². The van der Waals surface area contributed by atoms with E-state index in [-0.39, 0.29) is 0 Å². The van der Waals surface area contributed by atoms with E-state index in [9.17, 15) is 5.26 Å². The lowest BCUT2D eigenvalue weighted by atomic mass is 9.48. The van der Waals surface area contributed by atoms with Crippen LogP contribution in [0.2, 0.25) is 5.02 Å². The van der Waals surface area contributed by atoms with Crippen molar-refractivity contribution < 1.29 is 0 Å². The molecule has 1 aliphatic heterocycles. The maximum atomic E-state index is 9.64. The summed E-state index contributed by atoms with van der Waals surface area (Å²) in [4.78, 5) is 9.00. The standard InChI is InChI=1S/C26H32ClN7/c27-22-4-2-1-3-17(22)11-30-25-31-12-20(10-28)24(34-25)32-15-26-7-16-5-18(8-26)23(19(6-16)9-26)33-21-13-29-14-21/h1-4,12,16,18-19,21,23,29,33H,5-9,11,13-15H2,(H2,30,31,32,34)/t16?,18-,19+,23-,26-. The first-order valence-corrected chi connectivity index (χ1v) is 12.9. The monoisotopic (exact) mass is 477 g/mol. The van der Waals surface area contributed by atoms with Crippen LogP contribution in [0.15, 0.2) is 30.5 Å². The molecule has 5 fully saturated rings. The topological polar surface area (TPSA) is 97.7 Å². The summed E-state index contributed by atoms with van der Waals surface area (Å²) in [5.74, 6) is 3.55. The maximum Gasteiger partial charge on any atom is 0.224 e. The minimum Gasteiger partial charge on any atom is -0.368 e. The fraction of sp³-hybridized carbons (Fsp3) is 0.577. The molecule has 8 heteroatoms. The molecular weight excluding hydrogens is 446 g/mol. The Hall–Kier alpha value is -2.40. The summed E-state index contributed by atoms with van der Waals surface area (Å²) in [7, 11) is 0. The first-order valence-electron chi connectivity index (χ1n) is 12.6. The Labute approximate surface area is 206 Å². The van der Waals surface area contributed by atoms with Gasteiger partial charge in [0.05, 0.1) is 6.20 Å². The summed E-state index contributed by atoms with van der Waals surface area (Å²) < 4.78 is 0. The van der Waals surface area contributed by atoms with Crippen molar-refractivity contribution >= 4 is 23.4 Å². The van der Waals surface area contributed by atoms with Gasteiger partial charge in [0.15, 0.2) is 0 Å². The molecule has 0 radical (unpaired) electrons. The molecule has 1 aromatic carbocycles. The van der Waals surface area contributed by atoms with E-state index in [0.29, 0.717) is 46.4 Å². The molecule has 0 spiro atoms. The molecule has 2 aromatic rings. The lowest BCUT2D eigenvalue weighted by Gasteiger charge is -2.61. The second-order valence-electron chi connectivity index (χ2n) is 10.9. The fourth-order valence-electron chi connectivity index (χ4n) is 7.13. The van der Waals surface area contributed by atoms with Crippen LogP contribution in [0.3, 0.4) is 0 Å². The van der Waals surface area contributed by atoms with E-state index in [1.807, 2.05) is 24.3 Å². The van der Waals surface area contributed by atoms with Crippen molar-refractivity contribution in [2.75, 3.05) is 30.3 Å². The summed E-state index contributed by atoms with van der Waals surface area (Å²) >= 11 is 6.27. The number of halogens is 1. The molecule has 4 N–H and O–H groups in total. The third-order valence-corrected chi connectivity index (χ3v) is 8.91. The highest BCUT2D eigenvalue weighted by Gasteiger charge is 2.55. The lowest BCUT2D eigenvalue weighted by molar-refractivity contribution is -0.0732. The highest BCUT2D eigenvalue weighted by Crippen LogP contribution is 2.60. The summed E-state index contributed by atoms with van der Waals surface area (Å²) in [6.07, 6.45) is 8.21. The third kappa shape index (κ3) is 4.24. The number of aromatic nitrogens is 2. The summed E-state index contributed by atoms with van der Waals surface area (Å²) in [6, 6.07) is 11.3. The number of rotatable bonds is 8. The SMILES string of the molecule is N#Cc1cnc(NCc2ccccc2Cl)nc1NC[C@]12CC3C[C@H](C1)[C@@H](NC1CNC1)[C@@H](C3)C2. The van der Waals surface area contributed by atoms with Gasteiger partial charge in [-0.15, -0.1) is 0 Å². The van der Waals surface area contributed by atoms with Crippen LogP contribution in [0.25, 0.3) is 0 Å². The number of anilines is 2. The maximum absolute atomic E-state index is 9.64. The molecule has 5 aliphatic rings. The Bertz CT molecular complexity index is 1080. The second-order valence-corrected chi connectivity index (χ2v) is 11.3. The highest BCUT2D eigenvalue weighted by molar-refractivity contribution is 6.31. The molecule has 4 bridgehead atoms. The van der Waals surface area contributed by atoms with Crippen molar-refractivity contribution in [2.45, 2.75) is 50.7 Å². The molecule has 5 atom stereocenters. The number of hydrogen-bond acceptors (Lipinski definition) is 7. The van der Waals surface area contributed by atoms with E-state index in [1.165, 1.54) is 32.1 Å². The smallest absolute Gasteiger partial charge is 0.224 e. The zero-order valence-electron chi connectivity index (χ0n) is 19.4. The Morgan fingerprint density at radius 2 is 1.91 bits per heavy atom. The first kappa shape index (κ1) is 22.1. The van der Waals surface area contributed by atoms with Crippen LogP contribution in [-0.4, -0.2) is 41.7 Å². The van der Waals surface area contributed by atoms with Crippen molar-refractivity contribution in [3.8, 4) is 6.07 Å². The van der Waals surface area contributed by atoms with Crippen molar-refractivity contribution in [2.24, 2.45) is 23.2 Å². The molecule has 4 aliphatic carbocycles. The van der Waals surface area contributed by atoms with Gasteiger partial charge in [0, 0.05) is 43.3 Å². The average molecular weight is 478 g/mol. The summed E-state index contributed by atoms with van der Waals surface area (Å²) in [5, 5.41) is 24.6. The average Bonchev–Trinajstić information content (AvgIpc) is 2.80. The van der Waals surface area contributed by atoms with Gasteiger partial charge >= 0.3 is 0 Å². The molecule has 7 nitrogen and oxygen atoms in total. The van der Waals surface area contributed by atoms with Gasteiger partial charge in [-0.1, -0.05) is 29.8 Å². The third-order valence-electron chi connectivity index (χ3n) is 8.54. The van der Waals surface area contributed by atoms with E-state index in [2.05, 4.69) is 37.3 Å². The minimum absolute atomic E-state index is 0.315. The van der Waals surface area contributed by atoms with E-state index in [4.69, 9.17) is 11.6 Å². The van der Waals surface area contributed by atoms with Crippen LogP contribution in [0.4, 0.5) is 11.8 Å². The second kappa shape index (κ2) is 8.99. The molecule has 1 saturated heterocycles. The van der Waals surface area contributed by atoms with E-state index in [1.54, 1.807) is 6.20 Å². The van der Waals surface area contributed by atoms with Gasteiger partial charge < -0.3 is 21.3 Å². The molecular formula is C26H32ClN7. The van der Waals surface area contributed by atoms with Crippen LogP contribution in [0.5, 0.6) is 0 Å². The quantitative estimate of drug-likeness (QED) is 0.459. The van der Waals surface area contributed by atoms with Gasteiger partial charge in [-0.05, 0) is 66.9 Å². The van der Waals surface area contributed by atoms with Crippen LogP contribution >= 0.6 is 11.6 Å². The Morgan fingerprint density at radius 1 is 1.12 bits per heavy atom. The largest absolute Gasteiger partial charge is 0.368 e. The summed E-state index contributed by atoms with van der Waals surface area (Å²) in [6.45, 7) is 3.64. The van der Waals surface area contributed by atoms with Gasteiger partial charge in [0.2, 0.25) is 5.95 Å². The number of nitriles is 1. The van der Waals surface area contributed by atoms with E-state index >= 15 is 0 Å². The fourth-order valence-corrected chi connectivity index (χ4v) is 7.33. The number of nitrogens with zero attached hydrogens (tertiary/aromatic N) is 3. The van der Waals surface area contributed by atoms with Gasteiger partial charge in [0.1, 0.15) is 17.5 Å².